The first-order chi connectivity index (χ1) is 16.5. The Balaban J connectivity index is 0.000000648. The minimum Gasteiger partial charge on any atom is -1.00 e. The number of hydrogen-bond donors (Lipinski definition) is 0. The van der Waals surface area contributed by atoms with Gasteiger partial charge in [-0.05, 0) is 23.3 Å². The zero-order chi connectivity index (χ0) is 24.2. The number of halogens is 2. The van der Waals surface area contributed by atoms with E-state index in [1.807, 2.05) is 24.3 Å². The molecule has 4 aromatic carbocycles. The van der Waals surface area contributed by atoms with Gasteiger partial charge >= 0.3 is 26.2 Å². The van der Waals surface area contributed by atoms with Gasteiger partial charge in [-0.3, -0.25) is 9.59 Å². The number of rotatable bonds is 6. The average Bonchev–Trinajstić information content (AvgIpc) is 2.91. The van der Waals surface area contributed by atoms with Crippen molar-refractivity contribution in [2.75, 3.05) is 0 Å². The summed E-state index contributed by atoms with van der Waals surface area (Å²) in [5, 5.41) is 23.5. The number of allylic oxidation sites excluding steroid dienone is 2. The minimum atomic E-state index is -0.264. The van der Waals surface area contributed by atoms with E-state index in [9.17, 15) is 19.8 Å². The van der Waals surface area contributed by atoms with E-state index >= 15 is 0 Å². The SMILES string of the molecule is O=C(/C=C(\[O-])c1ccccc1)c1ccccc1.O=C(/C=C(\[O-])c1ccccc1)c1ccccc1.[Cl-].[Cl-].[Zr+4]. The van der Waals surface area contributed by atoms with E-state index in [2.05, 4.69) is 0 Å². The van der Waals surface area contributed by atoms with Crippen molar-refractivity contribution in [1.82, 2.24) is 0 Å². The summed E-state index contributed by atoms with van der Waals surface area (Å²) in [6.45, 7) is 0. The second kappa shape index (κ2) is 18.1. The first-order valence-corrected chi connectivity index (χ1v) is 10.6. The van der Waals surface area contributed by atoms with Gasteiger partial charge in [0.1, 0.15) is 0 Å². The molecule has 0 saturated carbocycles. The van der Waals surface area contributed by atoms with Crippen molar-refractivity contribution in [1.29, 1.82) is 0 Å². The maximum Gasteiger partial charge on any atom is 4.00 e. The molecule has 0 heterocycles. The van der Waals surface area contributed by atoms with E-state index < -0.39 is 0 Å². The molecular weight excluding hydrogens is 586 g/mol. The summed E-state index contributed by atoms with van der Waals surface area (Å²) in [7, 11) is 0. The van der Waals surface area contributed by atoms with Crippen LogP contribution in [0, 0.1) is 0 Å². The molecule has 0 aromatic heterocycles. The molecule has 0 aliphatic rings. The zero-order valence-corrected chi connectivity index (χ0v) is 23.6. The van der Waals surface area contributed by atoms with Gasteiger partial charge in [0.05, 0.1) is 0 Å². The van der Waals surface area contributed by atoms with E-state index in [1.54, 1.807) is 97.1 Å². The molecule has 0 spiro atoms. The van der Waals surface area contributed by atoms with Gasteiger partial charge in [-0.15, -0.1) is 0 Å². The normalized spacial score (nSPS) is 10.3. The predicted octanol–water partition coefficient (Wildman–Crippen LogP) is -1.45. The number of carbonyl (C=O) groups is 2. The molecule has 4 rings (SSSR count). The molecule has 0 aliphatic heterocycles. The molecule has 4 nitrogen and oxygen atoms in total. The van der Waals surface area contributed by atoms with Crippen LogP contribution in [0.25, 0.3) is 11.5 Å². The second-order valence-electron chi connectivity index (χ2n) is 7.21. The standard InChI is InChI=1S/2C15H12O2.2ClH.Zr/c2*16-14(12-7-3-1-4-8-12)11-15(17)13-9-5-2-6-10-13;;;/h2*1-11,16H;2*1H;/q;;;;+4/p-4/b2*14-11-;;;. The van der Waals surface area contributed by atoms with Crippen LogP contribution in [-0.4, -0.2) is 11.6 Å². The molecule has 0 aliphatic carbocycles. The van der Waals surface area contributed by atoms with E-state index in [0.717, 1.165) is 12.2 Å². The van der Waals surface area contributed by atoms with Crippen LogP contribution >= 0.6 is 0 Å². The van der Waals surface area contributed by atoms with Crippen LogP contribution in [0.2, 0.25) is 0 Å². The van der Waals surface area contributed by atoms with Crippen LogP contribution in [0.5, 0.6) is 0 Å². The Morgan fingerprint density at radius 2 is 0.649 bits per heavy atom. The van der Waals surface area contributed by atoms with Crippen molar-refractivity contribution >= 4 is 23.1 Å². The van der Waals surface area contributed by atoms with Gasteiger partial charge in [0.2, 0.25) is 0 Å². The summed E-state index contributed by atoms with van der Waals surface area (Å²) in [4.78, 5) is 23.5. The van der Waals surface area contributed by atoms with Crippen molar-refractivity contribution in [3.8, 4) is 0 Å². The topological polar surface area (TPSA) is 80.3 Å². The molecule has 0 N–H and O–H groups in total. The maximum atomic E-state index is 11.8. The smallest absolute Gasteiger partial charge is 1.00 e. The average molecular weight is 609 g/mol. The third-order valence-corrected chi connectivity index (χ3v) is 4.76. The van der Waals surface area contributed by atoms with E-state index in [1.165, 1.54) is 0 Å². The van der Waals surface area contributed by atoms with Crippen LogP contribution < -0.4 is 35.0 Å². The molecule has 0 radical (unpaired) electrons. The van der Waals surface area contributed by atoms with Crippen molar-refractivity contribution in [3.63, 3.8) is 0 Å². The molecule has 0 fully saturated rings. The second-order valence-corrected chi connectivity index (χ2v) is 7.21. The van der Waals surface area contributed by atoms with Gasteiger partial charge in [-0.1, -0.05) is 133 Å². The summed E-state index contributed by atoms with van der Waals surface area (Å²) in [6.07, 6.45) is 2.26. The number of benzene rings is 4. The summed E-state index contributed by atoms with van der Waals surface area (Å²) < 4.78 is 0. The predicted molar refractivity (Wildman–Crippen MR) is 130 cm³/mol. The maximum absolute atomic E-state index is 11.8. The number of ketones is 2. The van der Waals surface area contributed by atoms with E-state index in [4.69, 9.17) is 0 Å². The number of hydrogen-bond acceptors (Lipinski definition) is 4. The Bertz CT molecular complexity index is 1180. The largest absolute Gasteiger partial charge is 4.00 e. The molecule has 37 heavy (non-hydrogen) atoms. The van der Waals surface area contributed by atoms with E-state index in [0.29, 0.717) is 22.3 Å². The summed E-state index contributed by atoms with van der Waals surface area (Å²) in [5.41, 5.74) is 2.10. The zero-order valence-electron chi connectivity index (χ0n) is 19.6. The monoisotopic (exact) mass is 606 g/mol. The van der Waals surface area contributed by atoms with Crippen LogP contribution in [0.4, 0.5) is 0 Å². The molecule has 7 heteroatoms. The van der Waals surface area contributed by atoms with Crippen LogP contribution in [0.15, 0.2) is 133 Å². The van der Waals surface area contributed by atoms with Gasteiger partial charge in [0, 0.05) is 11.1 Å². The molecular formula is C30H22Cl2O4Zr. The van der Waals surface area contributed by atoms with E-state index in [-0.39, 0.29) is 74.1 Å². The Labute approximate surface area is 248 Å². The molecule has 4 aromatic rings. The van der Waals surface area contributed by atoms with Crippen molar-refractivity contribution in [3.05, 3.63) is 156 Å². The molecule has 0 saturated heterocycles. The van der Waals surface area contributed by atoms with Gasteiger partial charge in [-0.2, -0.15) is 0 Å². The van der Waals surface area contributed by atoms with Crippen molar-refractivity contribution < 1.29 is 70.8 Å². The minimum absolute atomic E-state index is 0. The van der Waals surface area contributed by atoms with Crippen LogP contribution in [0.3, 0.4) is 0 Å². The van der Waals surface area contributed by atoms with Gasteiger partial charge < -0.3 is 35.0 Å². The fourth-order valence-corrected chi connectivity index (χ4v) is 2.98. The number of carbonyl (C=O) groups excluding carboxylic acids is 2. The summed E-state index contributed by atoms with van der Waals surface area (Å²) in [6, 6.07) is 35.0. The van der Waals surface area contributed by atoms with Crippen LogP contribution in [0.1, 0.15) is 31.8 Å². The Morgan fingerprint density at radius 1 is 0.432 bits per heavy atom. The molecule has 0 bridgehead atoms. The summed E-state index contributed by atoms with van der Waals surface area (Å²) >= 11 is 0. The van der Waals surface area contributed by atoms with Gasteiger partial charge in [-0.25, -0.2) is 0 Å². The Morgan fingerprint density at radius 3 is 0.892 bits per heavy atom. The van der Waals surface area contributed by atoms with Crippen molar-refractivity contribution in [2.45, 2.75) is 0 Å². The molecule has 0 atom stereocenters. The van der Waals surface area contributed by atoms with Gasteiger partial charge in [0.15, 0.2) is 11.6 Å². The fraction of sp³-hybridized carbons (Fsp3) is 0. The first kappa shape index (κ1) is 33.8. The Kier molecular flexibility index (Phi) is 16.5. The third kappa shape index (κ3) is 11.1. The molecule has 0 amide bonds. The summed E-state index contributed by atoms with van der Waals surface area (Å²) in [5.74, 6) is -1.06. The van der Waals surface area contributed by atoms with Crippen LogP contribution in [-0.2, 0) is 26.2 Å². The fourth-order valence-electron chi connectivity index (χ4n) is 2.98. The first-order valence-electron chi connectivity index (χ1n) is 10.6. The quantitative estimate of drug-likeness (QED) is 0.153. The molecule has 184 valence electrons. The Hall–Kier alpha value is -3.24. The van der Waals surface area contributed by atoms with Gasteiger partial charge in [0.25, 0.3) is 0 Å². The third-order valence-electron chi connectivity index (χ3n) is 4.76. The van der Waals surface area contributed by atoms with Crippen molar-refractivity contribution in [2.24, 2.45) is 0 Å². The molecule has 0 unspecified atom stereocenters.